The van der Waals surface area contributed by atoms with E-state index in [2.05, 4.69) is 34.2 Å². The molecule has 29 heavy (non-hydrogen) atoms. The van der Waals surface area contributed by atoms with Crippen LogP contribution in [0.15, 0.2) is 4.99 Å². The third-order valence-corrected chi connectivity index (χ3v) is 7.35. The lowest BCUT2D eigenvalue weighted by atomic mass is 9.80. The van der Waals surface area contributed by atoms with Crippen molar-refractivity contribution in [1.29, 1.82) is 0 Å². The van der Waals surface area contributed by atoms with Crippen molar-refractivity contribution in [1.82, 2.24) is 20.4 Å². The lowest BCUT2D eigenvalue weighted by molar-refractivity contribution is -0.127. The first kappa shape index (κ1) is 25.0. The van der Waals surface area contributed by atoms with Crippen molar-refractivity contribution in [3.8, 4) is 0 Å². The van der Waals surface area contributed by atoms with E-state index in [1.165, 1.54) is 56.7 Å². The number of carbonyl (C=O) groups is 1. The minimum atomic E-state index is 0. The Balaban J connectivity index is 0.00000300. The zero-order valence-corrected chi connectivity index (χ0v) is 21.2. The summed E-state index contributed by atoms with van der Waals surface area (Å²) < 4.78 is 0. The zero-order valence-electron chi connectivity index (χ0n) is 18.1. The quantitative estimate of drug-likeness (QED) is 0.216. The van der Waals surface area contributed by atoms with Gasteiger partial charge in [-0.2, -0.15) is 11.8 Å². The molecular formula is C21H40IN5OS. The van der Waals surface area contributed by atoms with Crippen molar-refractivity contribution < 1.29 is 4.79 Å². The maximum Gasteiger partial charge on any atom is 0.222 e. The molecule has 2 saturated heterocycles. The fourth-order valence-electron chi connectivity index (χ4n) is 4.81. The van der Waals surface area contributed by atoms with Gasteiger partial charge in [0.25, 0.3) is 0 Å². The van der Waals surface area contributed by atoms with Crippen LogP contribution in [0.3, 0.4) is 0 Å². The molecule has 1 amide bonds. The predicted octanol–water partition coefficient (Wildman–Crippen LogP) is 2.92. The molecule has 1 saturated carbocycles. The molecule has 0 bridgehead atoms. The highest BCUT2D eigenvalue weighted by Crippen LogP contribution is 2.35. The van der Waals surface area contributed by atoms with Crippen LogP contribution in [0, 0.1) is 0 Å². The van der Waals surface area contributed by atoms with E-state index >= 15 is 0 Å². The molecule has 3 rings (SSSR count). The molecule has 0 spiro atoms. The number of hydrogen-bond donors (Lipinski definition) is 2. The number of guanidine groups is 1. The number of amides is 1. The van der Waals surface area contributed by atoms with Gasteiger partial charge in [0.1, 0.15) is 0 Å². The van der Waals surface area contributed by atoms with Gasteiger partial charge in [-0.15, -0.1) is 24.0 Å². The second-order valence-electron chi connectivity index (χ2n) is 8.34. The van der Waals surface area contributed by atoms with Gasteiger partial charge in [-0.05, 0) is 32.6 Å². The maximum atomic E-state index is 11.7. The van der Waals surface area contributed by atoms with Crippen LogP contribution in [0.5, 0.6) is 0 Å². The molecule has 0 unspecified atom stereocenters. The molecule has 2 heterocycles. The number of hydrogen-bond acceptors (Lipinski definition) is 4. The average Bonchev–Trinajstić information content (AvgIpc) is 3.15. The van der Waals surface area contributed by atoms with E-state index in [0.29, 0.717) is 5.91 Å². The van der Waals surface area contributed by atoms with E-state index in [1.807, 2.05) is 4.90 Å². The summed E-state index contributed by atoms with van der Waals surface area (Å²) in [6.45, 7) is 9.00. The van der Waals surface area contributed by atoms with Crippen LogP contribution in [-0.4, -0.2) is 84.5 Å². The molecule has 0 radical (unpaired) electrons. The summed E-state index contributed by atoms with van der Waals surface area (Å²) in [7, 11) is 0. The minimum absolute atomic E-state index is 0. The van der Waals surface area contributed by atoms with Crippen LogP contribution < -0.4 is 10.6 Å². The fourth-order valence-corrected chi connectivity index (χ4v) is 5.71. The largest absolute Gasteiger partial charge is 0.357 e. The summed E-state index contributed by atoms with van der Waals surface area (Å²) in [6, 6.07) is 0. The molecule has 8 heteroatoms. The normalized spacial score (nSPS) is 23.0. The van der Waals surface area contributed by atoms with Gasteiger partial charge in [0.05, 0.1) is 6.54 Å². The van der Waals surface area contributed by atoms with Crippen LogP contribution in [-0.2, 0) is 4.79 Å². The first-order chi connectivity index (χ1) is 13.7. The van der Waals surface area contributed by atoms with Gasteiger partial charge in [0.2, 0.25) is 5.91 Å². The Hall–Kier alpha value is -0.220. The van der Waals surface area contributed by atoms with E-state index in [4.69, 9.17) is 4.99 Å². The minimum Gasteiger partial charge on any atom is -0.357 e. The summed E-state index contributed by atoms with van der Waals surface area (Å²) in [6.07, 6.45) is 9.36. The summed E-state index contributed by atoms with van der Waals surface area (Å²) in [5.74, 6) is 3.78. The van der Waals surface area contributed by atoms with Crippen molar-refractivity contribution in [3.63, 3.8) is 0 Å². The van der Waals surface area contributed by atoms with E-state index in [1.54, 1.807) is 0 Å². The van der Waals surface area contributed by atoms with Gasteiger partial charge in [-0.1, -0.05) is 19.3 Å². The predicted molar refractivity (Wildman–Crippen MR) is 135 cm³/mol. The van der Waals surface area contributed by atoms with Crippen LogP contribution in [0.4, 0.5) is 0 Å². The average molecular weight is 538 g/mol. The third-order valence-electron chi connectivity index (χ3n) is 6.41. The number of halogens is 1. The van der Waals surface area contributed by atoms with E-state index in [9.17, 15) is 4.79 Å². The van der Waals surface area contributed by atoms with Crippen LogP contribution >= 0.6 is 35.7 Å². The Morgan fingerprint density at radius 1 is 1.10 bits per heavy atom. The molecule has 1 aliphatic carbocycles. The summed E-state index contributed by atoms with van der Waals surface area (Å²) in [5, 5.41) is 6.91. The van der Waals surface area contributed by atoms with E-state index < -0.39 is 0 Å². The van der Waals surface area contributed by atoms with Crippen LogP contribution in [0.2, 0.25) is 0 Å². The van der Waals surface area contributed by atoms with E-state index in [-0.39, 0.29) is 29.5 Å². The first-order valence-corrected chi connectivity index (χ1v) is 12.5. The molecule has 168 valence electrons. The maximum absolute atomic E-state index is 11.7. The van der Waals surface area contributed by atoms with Crippen molar-refractivity contribution in [3.05, 3.63) is 0 Å². The second kappa shape index (κ2) is 13.2. The van der Waals surface area contributed by atoms with Gasteiger partial charge in [-0.25, -0.2) is 0 Å². The van der Waals surface area contributed by atoms with Crippen molar-refractivity contribution in [2.45, 2.75) is 63.8 Å². The lowest BCUT2D eigenvalue weighted by Crippen LogP contribution is -2.55. The van der Waals surface area contributed by atoms with Gasteiger partial charge < -0.3 is 15.5 Å². The van der Waals surface area contributed by atoms with Gasteiger partial charge in [0.15, 0.2) is 5.96 Å². The van der Waals surface area contributed by atoms with Crippen LogP contribution in [0.1, 0.15) is 58.3 Å². The van der Waals surface area contributed by atoms with Crippen molar-refractivity contribution in [2.24, 2.45) is 4.99 Å². The first-order valence-electron chi connectivity index (χ1n) is 11.4. The number of carbonyl (C=O) groups excluding carboxylic acids is 1. The van der Waals surface area contributed by atoms with Crippen LogP contribution in [0.25, 0.3) is 0 Å². The number of rotatable bonds is 8. The number of thioether (sulfide) groups is 1. The Bertz CT molecular complexity index is 521. The molecule has 2 N–H and O–H groups in total. The topological polar surface area (TPSA) is 60.0 Å². The SMILES string of the molecule is CCNC(=NCC1(N2CCSCC2)CCCCC1)NCCCN1CCCC1=O.I. The van der Waals surface area contributed by atoms with Gasteiger partial charge in [0, 0.05) is 62.7 Å². The third kappa shape index (κ3) is 7.45. The number of likely N-dealkylation sites (tertiary alicyclic amines) is 1. The second-order valence-corrected chi connectivity index (χ2v) is 9.57. The van der Waals surface area contributed by atoms with Crippen molar-refractivity contribution in [2.75, 3.05) is 57.3 Å². The monoisotopic (exact) mass is 537 g/mol. The molecule has 3 fully saturated rings. The summed E-state index contributed by atoms with van der Waals surface area (Å²) in [5.41, 5.74) is 0.267. The Morgan fingerprint density at radius 2 is 1.86 bits per heavy atom. The zero-order chi connectivity index (χ0) is 19.7. The molecule has 3 aliphatic rings. The highest BCUT2D eigenvalue weighted by atomic mass is 127. The highest BCUT2D eigenvalue weighted by molar-refractivity contribution is 14.0. The van der Waals surface area contributed by atoms with E-state index in [0.717, 1.165) is 57.9 Å². The molecular weight excluding hydrogens is 497 g/mol. The highest BCUT2D eigenvalue weighted by Gasteiger charge is 2.38. The molecule has 6 nitrogen and oxygen atoms in total. The molecule has 0 aromatic carbocycles. The smallest absolute Gasteiger partial charge is 0.222 e. The number of nitrogens with zero attached hydrogens (tertiary/aromatic N) is 3. The van der Waals surface area contributed by atoms with Gasteiger partial charge in [-0.3, -0.25) is 14.7 Å². The molecule has 0 atom stereocenters. The molecule has 2 aliphatic heterocycles. The van der Waals surface area contributed by atoms with Crippen molar-refractivity contribution >= 4 is 47.6 Å². The van der Waals surface area contributed by atoms with Gasteiger partial charge >= 0.3 is 0 Å². The lowest BCUT2D eigenvalue weighted by Gasteiger charge is -2.47. The Kier molecular flexibility index (Phi) is 11.4. The number of nitrogens with one attached hydrogen (secondary N) is 2. The molecule has 0 aromatic rings. The summed E-state index contributed by atoms with van der Waals surface area (Å²) >= 11 is 2.09. The Labute approximate surface area is 198 Å². The fraction of sp³-hybridized carbons (Fsp3) is 0.905. The molecule has 0 aromatic heterocycles. The Morgan fingerprint density at radius 3 is 2.52 bits per heavy atom. The standard InChI is InChI=1S/C21H39N5OS.HI/c1-2-22-20(23-11-7-13-25-12-6-8-19(25)27)24-18-21(9-4-3-5-10-21)26-14-16-28-17-15-26;/h2-18H2,1H3,(H2,22,23,24);1H. The summed E-state index contributed by atoms with van der Waals surface area (Å²) in [4.78, 5) is 21.5. The number of aliphatic imine (C=N–C) groups is 1.